The van der Waals surface area contributed by atoms with Crippen molar-refractivity contribution in [1.29, 1.82) is 0 Å². The van der Waals surface area contributed by atoms with Crippen LogP contribution in [-0.2, 0) is 6.54 Å². The standard InChI is InChI=1S/C15H13FN4O/c1-21-15-11(16)8-17-9-14(15)20-7-10-2-3-12-13(6-10)19-5-4-18-12/h2-6,8-9,20H,7H2,1H3. The quantitative estimate of drug-likeness (QED) is 0.798. The van der Waals surface area contributed by atoms with Gasteiger partial charge in [-0.3, -0.25) is 15.0 Å². The van der Waals surface area contributed by atoms with Gasteiger partial charge in [0.15, 0.2) is 11.6 Å². The number of nitrogens with zero attached hydrogens (tertiary/aromatic N) is 3. The van der Waals surface area contributed by atoms with E-state index < -0.39 is 5.82 Å². The van der Waals surface area contributed by atoms with E-state index in [1.807, 2.05) is 18.2 Å². The number of hydrogen-bond donors (Lipinski definition) is 1. The van der Waals surface area contributed by atoms with Crippen molar-refractivity contribution in [2.45, 2.75) is 6.54 Å². The van der Waals surface area contributed by atoms with E-state index >= 15 is 0 Å². The highest BCUT2D eigenvalue weighted by Crippen LogP contribution is 2.26. The summed E-state index contributed by atoms with van der Waals surface area (Å²) in [6.45, 7) is 0.508. The Morgan fingerprint density at radius 1 is 1.14 bits per heavy atom. The monoisotopic (exact) mass is 284 g/mol. The predicted octanol–water partition coefficient (Wildman–Crippen LogP) is 2.78. The Morgan fingerprint density at radius 3 is 2.76 bits per heavy atom. The minimum absolute atomic E-state index is 0.158. The molecule has 1 N–H and O–H groups in total. The van der Waals surface area contributed by atoms with Crippen LogP contribution in [0, 0.1) is 5.82 Å². The third kappa shape index (κ3) is 2.74. The van der Waals surface area contributed by atoms with E-state index in [4.69, 9.17) is 4.74 Å². The van der Waals surface area contributed by atoms with Crippen LogP contribution in [0.4, 0.5) is 10.1 Å². The molecule has 0 unspecified atom stereocenters. The number of ether oxygens (including phenoxy) is 1. The minimum Gasteiger partial charge on any atom is -0.491 e. The highest BCUT2D eigenvalue weighted by Gasteiger charge is 2.09. The van der Waals surface area contributed by atoms with Gasteiger partial charge in [0.2, 0.25) is 0 Å². The van der Waals surface area contributed by atoms with Crippen molar-refractivity contribution in [3.63, 3.8) is 0 Å². The van der Waals surface area contributed by atoms with E-state index in [0.29, 0.717) is 12.2 Å². The summed E-state index contributed by atoms with van der Waals surface area (Å²) in [7, 11) is 1.43. The van der Waals surface area contributed by atoms with Crippen LogP contribution in [-0.4, -0.2) is 22.1 Å². The molecule has 0 amide bonds. The van der Waals surface area contributed by atoms with Crippen molar-refractivity contribution >= 4 is 16.7 Å². The van der Waals surface area contributed by atoms with Gasteiger partial charge in [0.1, 0.15) is 0 Å². The van der Waals surface area contributed by atoms with E-state index in [1.165, 1.54) is 13.3 Å². The molecule has 0 spiro atoms. The molecule has 6 heteroatoms. The number of fused-ring (bicyclic) bond motifs is 1. The molecule has 5 nitrogen and oxygen atoms in total. The summed E-state index contributed by atoms with van der Waals surface area (Å²) in [5.74, 6) is -0.336. The molecule has 0 aliphatic heterocycles. The van der Waals surface area contributed by atoms with Gasteiger partial charge in [-0.15, -0.1) is 0 Å². The van der Waals surface area contributed by atoms with Gasteiger partial charge in [-0.2, -0.15) is 0 Å². The van der Waals surface area contributed by atoms with Crippen LogP contribution >= 0.6 is 0 Å². The molecule has 0 saturated carbocycles. The molecule has 0 bridgehead atoms. The van der Waals surface area contributed by atoms with E-state index in [0.717, 1.165) is 22.8 Å². The van der Waals surface area contributed by atoms with E-state index in [1.54, 1.807) is 12.4 Å². The summed E-state index contributed by atoms with van der Waals surface area (Å²) in [5, 5.41) is 3.11. The molecule has 0 aliphatic carbocycles. The minimum atomic E-state index is -0.494. The Labute approximate surface area is 120 Å². The Hall–Kier alpha value is -2.76. The fraction of sp³-hybridized carbons (Fsp3) is 0.133. The molecule has 0 radical (unpaired) electrons. The molecule has 2 aromatic heterocycles. The summed E-state index contributed by atoms with van der Waals surface area (Å²) in [6.07, 6.45) is 5.96. The molecule has 21 heavy (non-hydrogen) atoms. The average molecular weight is 284 g/mol. The number of anilines is 1. The van der Waals surface area contributed by atoms with Gasteiger partial charge in [-0.25, -0.2) is 4.39 Å². The van der Waals surface area contributed by atoms with Crippen molar-refractivity contribution < 1.29 is 9.13 Å². The predicted molar refractivity (Wildman–Crippen MR) is 77.6 cm³/mol. The second kappa shape index (κ2) is 5.70. The van der Waals surface area contributed by atoms with Crippen LogP contribution < -0.4 is 10.1 Å². The second-order valence-electron chi connectivity index (χ2n) is 4.44. The molecule has 2 heterocycles. The fourth-order valence-electron chi connectivity index (χ4n) is 2.07. The van der Waals surface area contributed by atoms with Crippen LogP contribution in [0.15, 0.2) is 43.0 Å². The van der Waals surface area contributed by atoms with Gasteiger partial charge < -0.3 is 10.1 Å². The molecule has 3 rings (SSSR count). The first-order valence-electron chi connectivity index (χ1n) is 6.39. The third-order valence-electron chi connectivity index (χ3n) is 3.07. The van der Waals surface area contributed by atoms with Crippen LogP contribution in [0.25, 0.3) is 11.0 Å². The maximum Gasteiger partial charge on any atom is 0.185 e. The number of hydrogen-bond acceptors (Lipinski definition) is 5. The first-order chi connectivity index (χ1) is 10.3. The summed E-state index contributed by atoms with van der Waals surface area (Å²) < 4.78 is 18.6. The van der Waals surface area contributed by atoms with Gasteiger partial charge >= 0.3 is 0 Å². The van der Waals surface area contributed by atoms with E-state index in [2.05, 4.69) is 20.3 Å². The van der Waals surface area contributed by atoms with Gasteiger partial charge in [0.05, 0.1) is 36.2 Å². The molecule has 0 fully saturated rings. The zero-order valence-electron chi connectivity index (χ0n) is 11.4. The van der Waals surface area contributed by atoms with Crippen LogP contribution in [0.2, 0.25) is 0 Å². The molecular weight excluding hydrogens is 271 g/mol. The lowest BCUT2D eigenvalue weighted by atomic mass is 10.2. The van der Waals surface area contributed by atoms with Gasteiger partial charge in [-0.05, 0) is 17.7 Å². The van der Waals surface area contributed by atoms with Crippen LogP contribution in [0.3, 0.4) is 0 Å². The maximum absolute atomic E-state index is 13.5. The van der Waals surface area contributed by atoms with Gasteiger partial charge in [-0.1, -0.05) is 6.07 Å². The Kier molecular flexibility index (Phi) is 3.59. The average Bonchev–Trinajstić information content (AvgIpc) is 2.52. The smallest absolute Gasteiger partial charge is 0.185 e. The van der Waals surface area contributed by atoms with E-state index in [-0.39, 0.29) is 5.75 Å². The van der Waals surface area contributed by atoms with Crippen molar-refractivity contribution in [3.8, 4) is 5.75 Å². The first kappa shape index (κ1) is 13.2. The van der Waals surface area contributed by atoms with Gasteiger partial charge in [0, 0.05) is 18.9 Å². The largest absolute Gasteiger partial charge is 0.491 e. The Balaban J connectivity index is 1.82. The highest BCUT2D eigenvalue weighted by atomic mass is 19.1. The maximum atomic E-state index is 13.5. The number of benzene rings is 1. The van der Waals surface area contributed by atoms with Crippen LogP contribution in [0.5, 0.6) is 5.75 Å². The molecular formula is C15H13FN4O. The number of nitrogens with one attached hydrogen (secondary N) is 1. The summed E-state index contributed by atoms with van der Waals surface area (Å²) in [6, 6.07) is 5.79. The molecule has 0 saturated heterocycles. The highest BCUT2D eigenvalue weighted by molar-refractivity contribution is 5.74. The van der Waals surface area contributed by atoms with Crippen LogP contribution in [0.1, 0.15) is 5.56 Å². The Bertz CT molecular complexity index is 778. The van der Waals surface area contributed by atoms with Crippen molar-refractivity contribution in [2.75, 3.05) is 12.4 Å². The normalized spacial score (nSPS) is 10.6. The summed E-state index contributed by atoms with van der Waals surface area (Å²) in [4.78, 5) is 12.3. The van der Waals surface area contributed by atoms with Crippen molar-refractivity contribution in [1.82, 2.24) is 15.0 Å². The first-order valence-corrected chi connectivity index (χ1v) is 6.39. The summed E-state index contributed by atoms with van der Waals surface area (Å²) >= 11 is 0. The molecule has 3 aromatic rings. The zero-order chi connectivity index (χ0) is 14.7. The molecule has 0 atom stereocenters. The zero-order valence-corrected chi connectivity index (χ0v) is 11.4. The third-order valence-corrected chi connectivity index (χ3v) is 3.07. The van der Waals surface area contributed by atoms with Gasteiger partial charge in [0.25, 0.3) is 0 Å². The number of pyridine rings is 1. The lowest BCUT2D eigenvalue weighted by Gasteiger charge is -2.11. The Morgan fingerprint density at radius 2 is 1.95 bits per heavy atom. The molecule has 0 aliphatic rings. The lowest BCUT2D eigenvalue weighted by Crippen LogP contribution is -2.03. The second-order valence-corrected chi connectivity index (χ2v) is 4.44. The SMILES string of the molecule is COc1c(F)cncc1NCc1ccc2nccnc2c1. The lowest BCUT2D eigenvalue weighted by molar-refractivity contribution is 0.387. The van der Waals surface area contributed by atoms with Crippen molar-refractivity contribution in [2.24, 2.45) is 0 Å². The topological polar surface area (TPSA) is 59.9 Å². The number of rotatable bonds is 4. The number of halogens is 1. The number of aromatic nitrogens is 3. The van der Waals surface area contributed by atoms with E-state index in [9.17, 15) is 4.39 Å². The molecule has 1 aromatic carbocycles. The number of methoxy groups -OCH3 is 1. The fourth-order valence-corrected chi connectivity index (χ4v) is 2.07. The summed E-state index contributed by atoms with van der Waals surface area (Å²) in [5.41, 5.74) is 3.18. The molecule has 106 valence electrons. The van der Waals surface area contributed by atoms with Crippen molar-refractivity contribution in [3.05, 3.63) is 54.4 Å².